The zero-order valence-electron chi connectivity index (χ0n) is 10.5. The molecule has 2 N–H and O–H groups in total. The highest BCUT2D eigenvalue weighted by molar-refractivity contribution is 5.87. The number of benzene rings is 1. The summed E-state index contributed by atoms with van der Waals surface area (Å²) >= 11 is 0. The Morgan fingerprint density at radius 2 is 2.28 bits per heavy atom. The number of anilines is 1. The van der Waals surface area contributed by atoms with Crippen molar-refractivity contribution in [3.63, 3.8) is 0 Å². The molecule has 3 rings (SSSR count). The lowest BCUT2D eigenvalue weighted by Gasteiger charge is -2.19. The average Bonchev–Trinajstić information content (AvgIpc) is 2.96. The second-order valence-electron chi connectivity index (χ2n) is 5.04. The van der Waals surface area contributed by atoms with E-state index in [9.17, 15) is 4.79 Å². The molecular weight excluding hydrogens is 228 g/mol. The number of amides is 1. The molecule has 4 heteroatoms. The summed E-state index contributed by atoms with van der Waals surface area (Å²) < 4.78 is 5.46. The monoisotopic (exact) mass is 246 g/mol. The van der Waals surface area contributed by atoms with Crippen molar-refractivity contribution in [1.82, 2.24) is 5.32 Å². The Labute approximate surface area is 107 Å². The van der Waals surface area contributed by atoms with E-state index in [1.807, 2.05) is 25.1 Å². The lowest BCUT2D eigenvalue weighted by Crippen LogP contribution is -2.46. The first-order valence-corrected chi connectivity index (χ1v) is 6.50. The Hall–Kier alpha value is -1.55. The van der Waals surface area contributed by atoms with Gasteiger partial charge in [0.2, 0.25) is 5.91 Å². The molecule has 1 fully saturated rings. The molecule has 0 radical (unpaired) electrons. The fraction of sp³-hybridized carbons (Fsp3) is 0.500. The third-order valence-corrected chi connectivity index (χ3v) is 3.79. The fourth-order valence-corrected chi connectivity index (χ4v) is 2.66. The van der Waals surface area contributed by atoms with Crippen molar-refractivity contribution >= 4 is 11.6 Å². The standard InChI is InChI=1S/C14H18N2O2/c1-9-11(6-7-18-9)16-14(17)13-8-10-4-2-3-5-12(10)15-13/h2-5,9,11,13,15H,6-8H2,1H3,(H,16,17). The first kappa shape index (κ1) is 11.5. The van der Waals surface area contributed by atoms with Crippen LogP contribution in [0.1, 0.15) is 18.9 Å². The van der Waals surface area contributed by atoms with Gasteiger partial charge in [-0.05, 0) is 25.0 Å². The second-order valence-corrected chi connectivity index (χ2v) is 5.04. The summed E-state index contributed by atoms with van der Waals surface area (Å²) in [7, 11) is 0. The molecule has 2 aliphatic heterocycles. The predicted molar refractivity (Wildman–Crippen MR) is 69.5 cm³/mol. The molecule has 0 bridgehead atoms. The highest BCUT2D eigenvalue weighted by Crippen LogP contribution is 2.25. The van der Waals surface area contributed by atoms with Crippen LogP contribution in [0.2, 0.25) is 0 Å². The Balaban J connectivity index is 1.62. The van der Waals surface area contributed by atoms with Crippen molar-refractivity contribution in [3.8, 4) is 0 Å². The number of carbonyl (C=O) groups excluding carboxylic acids is 1. The maximum Gasteiger partial charge on any atom is 0.243 e. The lowest BCUT2D eigenvalue weighted by atomic mass is 10.1. The highest BCUT2D eigenvalue weighted by Gasteiger charge is 2.31. The van der Waals surface area contributed by atoms with E-state index < -0.39 is 0 Å². The number of nitrogens with one attached hydrogen (secondary N) is 2. The van der Waals surface area contributed by atoms with Crippen LogP contribution in [0.5, 0.6) is 0 Å². The third kappa shape index (κ3) is 2.08. The minimum Gasteiger partial charge on any atom is -0.376 e. The van der Waals surface area contributed by atoms with Gasteiger partial charge in [-0.3, -0.25) is 4.79 Å². The van der Waals surface area contributed by atoms with Gasteiger partial charge in [-0.1, -0.05) is 18.2 Å². The number of hydrogen-bond acceptors (Lipinski definition) is 3. The summed E-state index contributed by atoms with van der Waals surface area (Å²) in [6.45, 7) is 2.75. The van der Waals surface area contributed by atoms with E-state index in [-0.39, 0.29) is 24.1 Å². The van der Waals surface area contributed by atoms with Crippen molar-refractivity contribution in [2.75, 3.05) is 11.9 Å². The second kappa shape index (κ2) is 4.61. The summed E-state index contributed by atoms with van der Waals surface area (Å²) in [5.41, 5.74) is 2.29. The summed E-state index contributed by atoms with van der Waals surface area (Å²) in [6.07, 6.45) is 1.80. The Bertz CT molecular complexity index is 436. The molecule has 0 spiro atoms. The first-order chi connectivity index (χ1) is 8.74. The van der Waals surface area contributed by atoms with Gasteiger partial charge in [0.25, 0.3) is 0 Å². The van der Waals surface area contributed by atoms with Gasteiger partial charge in [0.1, 0.15) is 6.04 Å². The van der Waals surface area contributed by atoms with E-state index in [0.717, 1.165) is 25.1 Å². The van der Waals surface area contributed by atoms with Gasteiger partial charge >= 0.3 is 0 Å². The molecule has 2 aliphatic rings. The molecule has 96 valence electrons. The van der Waals surface area contributed by atoms with Gasteiger partial charge in [0, 0.05) is 18.7 Å². The maximum atomic E-state index is 12.2. The van der Waals surface area contributed by atoms with Crippen molar-refractivity contribution in [2.24, 2.45) is 0 Å². The molecule has 18 heavy (non-hydrogen) atoms. The number of hydrogen-bond donors (Lipinski definition) is 2. The molecule has 0 aliphatic carbocycles. The molecule has 3 atom stereocenters. The average molecular weight is 246 g/mol. The number of fused-ring (bicyclic) bond motifs is 1. The van der Waals surface area contributed by atoms with E-state index in [0.29, 0.717) is 0 Å². The fourth-order valence-electron chi connectivity index (χ4n) is 2.66. The minimum absolute atomic E-state index is 0.0774. The van der Waals surface area contributed by atoms with Gasteiger partial charge in [0.05, 0.1) is 12.1 Å². The molecule has 1 aromatic carbocycles. The zero-order chi connectivity index (χ0) is 12.5. The molecule has 2 heterocycles. The van der Waals surface area contributed by atoms with Crippen LogP contribution >= 0.6 is 0 Å². The molecule has 0 saturated carbocycles. The van der Waals surface area contributed by atoms with Crippen LogP contribution in [0, 0.1) is 0 Å². The molecule has 1 saturated heterocycles. The SMILES string of the molecule is CC1OCCC1NC(=O)C1Cc2ccccc2N1. The third-order valence-electron chi connectivity index (χ3n) is 3.79. The van der Waals surface area contributed by atoms with Gasteiger partial charge < -0.3 is 15.4 Å². The molecule has 4 nitrogen and oxygen atoms in total. The van der Waals surface area contributed by atoms with E-state index in [2.05, 4.69) is 16.7 Å². The Kier molecular flexibility index (Phi) is 2.96. The summed E-state index contributed by atoms with van der Waals surface area (Å²) in [5, 5.41) is 6.35. The number of rotatable bonds is 2. The van der Waals surface area contributed by atoms with Gasteiger partial charge in [-0.25, -0.2) is 0 Å². The molecule has 0 aromatic heterocycles. The van der Waals surface area contributed by atoms with Gasteiger partial charge in [-0.2, -0.15) is 0 Å². The smallest absolute Gasteiger partial charge is 0.243 e. The van der Waals surface area contributed by atoms with Crippen LogP contribution in [0.25, 0.3) is 0 Å². The van der Waals surface area contributed by atoms with Crippen molar-refractivity contribution in [2.45, 2.75) is 38.0 Å². The molecular formula is C14H18N2O2. The van der Waals surface area contributed by atoms with Crippen LogP contribution in [0.15, 0.2) is 24.3 Å². The van der Waals surface area contributed by atoms with E-state index >= 15 is 0 Å². The largest absolute Gasteiger partial charge is 0.376 e. The van der Waals surface area contributed by atoms with Crippen LogP contribution in [0.4, 0.5) is 5.69 Å². The lowest BCUT2D eigenvalue weighted by molar-refractivity contribution is -0.122. The normalized spacial score (nSPS) is 29.7. The van der Waals surface area contributed by atoms with E-state index in [1.165, 1.54) is 5.56 Å². The van der Waals surface area contributed by atoms with Crippen molar-refractivity contribution < 1.29 is 9.53 Å². The summed E-state index contributed by atoms with van der Waals surface area (Å²) in [6, 6.07) is 8.09. The number of ether oxygens (including phenoxy) is 1. The molecule has 3 unspecified atom stereocenters. The van der Waals surface area contributed by atoms with E-state index in [1.54, 1.807) is 0 Å². The van der Waals surface area contributed by atoms with Crippen LogP contribution in [0.3, 0.4) is 0 Å². The van der Waals surface area contributed by atoms with Crippen molar-refractivity contribution in [3.05, 3.63) is 29.8 Å². The van der Waals surface area contributed by atoms with Gasteiger partial charge in [-0.15, -0.1) is 0 Å². The predicted octanol–water partition coefficient (Wildman–Crippen LogP) is 1.32. The quantitative estimate of drug-likeness (QED) is 0.827. The summed E-state index contributed by atoms with van der Waals surface area (Å²) in [4.78, 5) is 12.2. The highest BCUT2D eigenvalue weighted by atomic mass is 16.5. The van der Waals surface area contributed by atoms with E-state index in [4.69, 9.17) is 4.74 Å². The minimum atomic E-state index is -0.143. The number of carbonyl (C=O) groups is 1. The summed E-state index contributed by atoms with van der Waals surface area (Å²) in [5.74, 6) is 0.0774. The number of para-hydroxylation sites is 1. The van der Waals surface area contributed by atoms with Crippen molar-refractivity contribution in [1.29, 1.82) is 0 Å². The molecule has 1 amide bonds. The topological polar surface area (TPSA) is 50.4 Å². The first-order valence-electron chi connectivity index (χ1n) is 6.50. The van der Waals surface area contributed by atoms with Crippen LogP contribution in [-0.2, 0) is 16.0 Å². The molecule has 1 aromatic rings. The zero-order valence-corrected chi connectivity index (χ0v) is 10.5. The van der Waals surface area contributed by atoms with Crippen LogP contribution < -0.4 is 10.6 Å². The Morgan fingerprint density at radius 1 is 1.44 bits per heavy atom. The van der Waals surface area contributed by atoms with Gasteiger partial charge in [0.15, 0.2) is 0 Å². The van der Waals surface area contributed by atoms with Crippen LogP contribution in [-0.4, -0.2) is 30.7 Å². The maximum absolute atomic E-state index is 12.2. The Morgan fingerprint density at radius 3 is 3.00 bits per heavy atom.